The van der Waals surface area contributed by atoms with Crippen LogP contribution in [-0.2, 0) is 9.59 Å². The Balaban J connectivity index is 1.99. The number of hydrogen-bond acceptors (Lipinski definition) is 2. The molecule has 3 aromatic carbocycles. The molecule has 3 aromatic rings. The first-order valence-electron chi connectivity index (χ1n) is 7.51. The Bertz CT molecular complexity index is 898. The van der Waals surface area contributed by atoms with Gasteiger partial charge in [-0.3, -0.25) is 9.59 Å². The van der Waals surface area contributed by atoms with E-state index in [1.807, 2.05) is 36.4 Å². The lowest BCUT2D eigenvalue weighted by Gasteiger charge is -2.26. The van der Waals surface area contributed by atoms with E-state index in [1.165, 1.54) is 4.90 Å². The first kappa shape index (κ1) is 13.0. The number of amides is 2. The highest BCUT2D eigenvalue weighted by molar-refractivity contribution is 6.21. The van der Waals surface area contributed by atoms with Gasteiger partial charge in [-0.05, 0) is 40.8 Å². The molecule has 1 aliphatic rings. The molecule has 22 heavy (non-hydrogen) atoms. The first-order chi connectivity index (χ1) is 10.7. The first-order valence-corrected chi connectivity index (χ1v) is 7.51. The third-order valence-electron chi connectivity index (χ3n) is 4.24. The molecule has 3 heteroatoms. The van der Waals surface area contributed by atoms with E-state index >= 15 is 0 Å². The number of carbonyl (C=O) groups excluding carboxylic acids is 2. The summed E-state index contributed by atoms with van der Waals surface area (Å²) in [6, 6.07) is 18.1. The van der Waals surface area contributed by atoms with Gasteiger partial charge in [-0.1, -0.05) is 36.4 Å². The highest BCUT2D eigenvalue weighted by Crippen LogP contribution is 2.32. The van der Waals surface area contributed by atoms with Gasteiger partial charge in [-0.25, -0.2) is 4.90 Å². The Morgan fingerprint density at radius 1 is 0.727 bits per heavy atom. The van der Waals surface area contributed by atoms with E-state index in [1.54, 1.807) is 0 Å². The largest absolute Gasteiger partial charge is 0.274 e. The lowest BCUT2D eigenvalue weighted by molar-refractivity contribution is -0.128. The van der Waals surface area contributed by atoms with E-state index in [9.17, 15) is 9.59 Å². The van der Waals surface area contributed by atoms with E-state index in [0.29, 0.717) is 24.9 Å². The standard InChI is InChI=1S/C19H15NO2/c21-18-9-4-10-19(22)20(18)17-8-3-7-15-11-13-5-1-2-6-14(13)12-16(15)17/h1-3,5-8,11-12H,4,9-10H2. The molecule has 108 valence electrons. The average Bonchev–Trinajstić information content (AvgIpc) is 2.53. The van der Waals surface area contributed by atoms with Crippen LogP contribution in [0.5, 0.6) is 0 Å². The predicted octanol–water partition coefficient (Wildman–Crippen LogP) is 4.04. The zero-order valence-corrected chi connectivity index (χ0v) is 12.1. The summed E-state index contributed by atoms with van der Waals surface area (Å²) in [7, 11) is 0. The highest BCUT2D eigenvalue weighted by Gasteiger charge is 2.28. The van der Waals surface area contributed by atoms with Crippen molar-refractivity contribution in [2.24, 2.45) is 0 Å². The van der Waals surface area contributed by atoms with Crippen molar-refractivity contribution in [1.29, 1.82) is 0 Å². The molecular weight excluding hydrogens is 274 g/mol. The van der Waals surface area contributed by atoms with E-state index in [0.717, 1.165) is 21.5 Å². The van der Waals surface area contributed by atoms with Crippen LogP contribution in [0.4, 0.5) is 5.69 Å². The summed E-state index contributed by atoms with van der Waals surface area (Å²) < 4.78 is 0. The van der Waals surface area contributed by atoms with Gasteiger partial charge in [-0.2, -0.15) is 0 Å². The summed E-state index contributed by atoms with van der Waals surface area (Å²) in [5.74, 6) is -0.200. The molecule has 0 spiro atoms. The van der Waals surface area contributed by atoms with E-state index < -0.39 is 0 Å². The monoisotopic (exact) mass is 289 g/mol. The molecular formula is C19H15NO2. The molecule has 0 N–H and O–H groups in total. The number of piperidine rings is 1. The lowest BCUT2D eigenvalue weighted by atomic mass is 10.0. The van der Waals surface area contributed by atoms with E-state index in [-0.39, 0.29) is 11.8 Å². The number of imide groups is 1. The molecule has 0 aliphatic carbocycles. The Hall–Kier alpha value is -2.68. The number of benzene rings is 3. The molecule has 0 aromatic heterocycles. The number of nitrogens with zero attached hydrogens (tertiary/aromatic N) is 1. The van der Waals surface area contributed by atoms with Gasteiger partial charge in [-0.15, -0.1) is 0 Å². The normalized spacial score (nSPS) is 15.7. The average molecular weight is 289 g/mol. The SMILES string of the molecule is O=C1CCCC(=O)N1c1cccc2cc3ccccc3cc12. The maximum absolute atomic E-state index is 12.2. The van der Waals surface area contributed by atoms with Crippen LogP contribution in [0.2, 0.25) is 0 Å². The van der Waals surface area contributed by atoms with Crippen LogP contribution in [0.1, 0.15) is 19.3 Å². The number of hydrogen-bond donors (Lipinski definition) is 0. The van der Waals surface area contributed by atoms with Gasteiger partial charge in [0, 0.05) is 18.2 Å². The molecule has 1 aliphatic heterocycles. The molecule has 2 amide bonds. The van der Waals surface area contributed by atoms with Gasteiger partial charge in [0.15, 0.2) is 0 Å². The fraction of sp³-hybridized carbons (Fsp3) is 0.158. The number of rotatable bonds is 1. The molecule has 1 saturated heterocycles. The van der Waals surface area contributed by atoms with Crippen molar-refractivity contribution < 1.29 is 9.59 Å². The maximum Gasteiger partial charge on any atom is 0.233 e. The molecule has 0 atom stereocenters. The number of carbonyl (C=O) groups is 2. The van der Waals surface area contributed by atoms with Crippen LogP contribution in [0, 0.1) is 0 Å². The Morgan fingerprint density at radius 2 is 1.36 bits per heavy atom. The minimum atomic E-state index is -0.100. The third kappa shape index (κ3) is 1.98. The number of anilines is 1. The van der Waals surface area contributed by atoms with Crippen LogP contribution in [0.25, 0.3) is 21.5 Å². The van der Waals surface area contributed by atoms with Crippen LogP contribution in [0.15, 0.2) is 54.6 Å². The third-order valence-corrected chi connectivity index (χ3v) is 4.24. The summed E-state index contributed by atoms with van der Waals surface area (Å²) >= 11 is 0. The van der Waals surface area contributed by atoms with Crippen LogP contribution >= 0.6 is 0 Å². The van der Waals surface area contributed by atoms with Gasteiger partial charge in [0.1, 0.15) is 0 Å². The molecule has 1 heterocycles. The van der Waals surface area contributed by atoms with Gasteiger partial charge in [0.25, 0.3) is 0 Å². The smallest absolute Gasteiger partial charge is 0.233 e. The summed E-state index contributed by atoms with van der Waals surface area (Å²) in [5, 5.41) is 4.26. The van der Waals surface area contributed by atoms with E-state index in [4.69, 9.17) is 0 Å². The molecule has 0 unspecified atom stereocenters. The molecule has 0 bridgehead atoms. The number of fused-ring (bicyclic) bond motifs is 2. The minimum absolute atomic E-state index is 0.100. The summed E-state index contributed by atoms with van der Waals surface area (Å²) in [4.78, 5) is 25.8. The fourth-order valence-corrected chi connectivity index (χ4v) is 3.17. The second-order valence-electron chi connectivity index (χ2n) is 5.67. The zero-order chi connectivity index (χ0) is 15.1. The predicted molar refractivity (Wildman–Crippen MR) is 87.8 cm³/mol. The topological polar surface area (TPSA) is 37.4 Å². The van der Waals surface area contributed by atoms with Gasteiger partial charge in [0.05, 0.1) is 5.69 Å². The van der Waals surface area contributed by atoms with Crippen molar-refractivity contribution in [2.45, 2.75) is 19.3 Å². The summed E-state index contributed by atoms with van der Waals surface area (Å²) in [6.07, 6.45) is 1.54. The second-order valence-corrected chi connectivity index (χ2v) is 5.67. The van der Waals surface area contributed by atoms with Gasteiger partial charge >= 0.3 is 0 Å². The molecule has 3 nitrogen and oxygen atoms in total. The van der Waals surface area contributed by atoms with Crippen molar-refractivity contribution in [3.05, 3.63) is 54.6 Å². The second kappa shape index (κ2) is 4.95. The Labute approximate surface area is 128 Å². The van der Waals surface area contributed by atoms with Gasteiger partial charge in [0.2, 0.25) is 11.8 Å². The van der Waals surface area contributed by atoms with E-state index in [2.05, 4.69) is 18.2 Å². The lowest BCUT2D eigenvalue weighted by Crippen LogP contribution is -2.40. The Morgan fingerprint density at radius 3 is 2.09 bits per heavy atom. The van der Waals surface area contributed by atoms with Gasteiger partial charge < -0.3 is 0 Å². The van der Waals surface area contributed by atoms with Crippen LogP contribution in [-0.4, -0.2) is 11.8 Å². The molecule has 0 saturated carbocycles. The van der Waals surface area contributed by atoms with Crippen molar-refractivity contribution in [1.82, 2.24) is 0 Å². The van der Waals surface area contributed by atoms with Crippen molar-refractivity contribution >= 4 is 39.0 Å². The maximum atomic E-state index is 12.2. The molecule has 4 rings (SSSR count). The van der Waals surface area contributed by atoms with Crippen LogP contribution in [0.3, 0.4) is 0 Å². The summed E-state index contributed by atoms with van der Waals surface area (Å²) in [6.45, 7) is 0. The summed E-state index contributed by atoms with van der Waals surface area (Å²) in [5.41, 5.74) is 0.706. The zero-order valence-electron chi connectivity index (χ0n) is 12.1. The quantitative estimate of drug-likeness (QED) is 0.501. The van der Waals surface area contributed by atoms with Crippen molar-refractivity contribution in [3.8, 4) is 0 Å². The van der Waals surface area contributed by atoms with Crippen LogP contribution < -0.4 is 4.90 Å². The van der Waals surface area contributed by atoms with Crippen molar-refractivity contribution in [2.75, 3.05) is 4.90 Å². The molecule has 0 radical (unpaired) electrons. The molecule has 1 fully saturated rings. The fourth-order valence-electron chi connectivity index (χ4n) is 3.17. The Kier molecular flexibility index (Phi) is 2.93. The highest BCUT2D eigenvalue weighted by atomic mass is 16.2. The van der Waals surface area contributed by atoms with Crippen molar-refractivity contribution in [3.63, 3.8) is 0 Å². The minimum Gasteiger partial charge on any atom is -0.274 e.